The molecule has 8 heteroatoms. The van der Waals surface area contributed by atoms with Gasteiger partial charge in [0.1, 0.15) is 5.69 Å². The van der Waals surface area contributed by atoms with E-state index in [-0.39, 0.29) is 6.10 Å². The van der Waals surface area contributed by atoms with Crippen LogP contribution in [0.5, 0.6) is 0 Å². The smallest absolute Gasteiger partial charge is 0.390 e. The largest absolute Gasteiger partial charge is 0.433 e. The number of aliphatic hydroxyl groups is 1. The second kappa shape index (κ2) is 6.65. The van der Waals surface area contributed by atoms with Crippen LogP contribution < -0.4 is 0 Å². The van der Waals surface area contributed by atoms with Crippen molar-refractivity contribution in [3.63, 3.8) is 0 Å². The second-order valence-electron chi connectivity index (χ2n) is 7.97. The SMILES string of the molecule is Cc1nc(C(F)(F)F)ccc1SN1CCC2(CC1)CC(N1CC(O)C1)C2. The molecule has 0 atom stereocenters. The van der Waals surface area contributed by atoms with Crippen molar-refractivity contribution >= 4 is 11.9 Å². The van der Waals surface area contributed by atoms with E-state index in [1.54, 1.807) is 6.92 Å². The number of hydrogen-bond donors (Lipinski definition) is 1. The Hall–Kier alpha value is -0.830. The molecular weight excluding hydrogens is 363 g/mol. The summed E-state index contributed by atoms with van der Waals surface area (Å²) in [5, 5.41) is 9.43. The van der Waals surface area contributed by atoms with Crippen LogP contribution in [-0.2, 0) is 6.18 Å². The summed E-state index contributed by atoms with van der Waals surface area (Å²) in [5.74, 6) is 0. The van der Waals surface area contributed by atoms with Crippen molar-refractivity contribution in [2.45, 2.75) is 55.8 Å². The first-order valence-electron chi connectivity index (χ1n) is 9.14. The Balaban J connectivity index is 1.28. The van der Waals surface area contributed by atoms with E-state index in [1.165, 1.54) is 30.9 Å². The number of aliphatic hydroxyl groups excluding tert-OH is 1. The molecule has 3 aliphatic rings. The first-order valence-corrected chi connectivity index (χ1v) is 9.91. The third-order valence-electron chi connectivity index (χ3n) is 6.08. The van der Waals surface area contributed by atoms with Crippen LogP contribution in [0.15, 0.2) is 17.0 Å². The Morgan fingerprint density at radius 3 is 2.38 bits per heavy atom. The summed E-state index contributed by atoms with van der Waals surface area (Å²) < 4.78 is 40.4. The van der Waals surface area contributed by atoms with E-state index in [1.807, 2.05) is 0 Å². The molecule has 1 aromatic rings. The van der Waals surface area contributed by atoms with Crippen LogP contribution in [0.1, 0.15) is 37.1 Å². The predicted octanol–water partition coefficient (Wildman–Crippen LogP) is 3.34. The number of piperidine rings is 1. The molecule has 0 aromatic carbocycles. The topological polar surface area (TPSA) is 39.6 Å². The Labute approximate surface area is 155 Å². The van der Waals surface area contributed by atoms with Crippen LogP contribution in [0.4, 0.5) is 13.2 Å². The molecule has 2 saturated heterocycles. The standard InChI is InChI=1S/C18H24F3N3OS/c1-12-15(2-3-16(22-12)18(19,20)21)26-24-6-4-17(5-7-24)8-13(9-17)23-10-14(25)11-23/h2-3,13-14,25H,4-11H2,1H3. The zero-order valence-electron chi connectivity index (χ0n) is 14.8. The Kier molecular flexibility index (Phi) is 4.74. The van der Waals surface area contributed by atoms with Gasteiger partial charge < -0.3 is 5.11 Å². The summed E-state index contributed by atoms with van der Waals surface area (Å²) in [6.45, 7) is 5.20. The molecule has 4 rings (SSSR count). The van der Waals surface area contributed by atoms with Crippen molar-refractivity contribution in [3.05, 3.63) is 23.5 Å². The van der Waals surface area contributed by atoms with Gasteiger partial charge in [-0.15, -0.1) is 0 Å². The highest BCUT2D eigenvalue weighted by Crippen LogP contribution is 2.52. The zero-order valence-corrected chi connectivity index (χ0v) is 15.6. The summed E-state index contributed by atoms with van der Waals surface area (Å²) in [4.78, 5) is 6.90. The molecule has 2 aliphatic heterocycles. The van der Waals surface area contributed by atoms with Gasteiger partial charge in [0, 0.05) is 37.1 Å². The maximum Gasteiger partial charge on any atom is 0.433 e. The average Bonchev–Trinajstić information content (AvgIpc) is 2.52. The number of aryl methyl sites for hydroxylation is 1. The number of likely N-dealkylation sites (tertiary alicyclic amines) is 1. The molecule has 144 valence electrons. The lowest BCUT2D eigenvalue weighted by atomic mass is 9.60. The Bertz CT molecular complexity index is 662. The van der Waals surface area contributed by atoms with E-state index in [2.05, 4.69) is 14.2 Å². The quantitative estimate of drug-likeness (QED) is 0.806. The minimum atomic E-state index is -4.39. The summed E-state index contributed by atoms with van der Waals surface area (Å²) >= 11 is 1.53. The van der Waals surface area contributed by atoms with Crippen LogP contribution in [-0.4, -0.2) is 57.6 Å². The molecule has 1 aromatic heterocycles. The van der Waals surface area contributed by atoms with Crippen molar-refractivity contribution in [1.29, 1.82) is 0 Å². The fourth-order valence-electron chi connectivity index (χ4n) is 4.39. The number of hydrogen-bond acceptors (Lipinski definition) is 5. The third-order valence-corrected chi connectivity index (χ3v) is 7.33. The normalized spacial score (nSPS) is 25.3. The third kappa shape index (κ3) is 3.61. The lowest BCUT2D eigenvalue weighted by molar-refractivity contribution is -0.141. The summed E-state index contributed by atoms with van der Waals surface area (Å²) in [5.41, 5.74) is 0.0501. The fraction of sp³-hybridized carbons (Fsp3) is 0.722. The van der Waals surface area contributed by atoms with E-state index in [4.69, 9.17) is 0 Å². The van der Waals surface area contributed by atoms with E-state index in [0.717, 1.165) is 50.0 Å². The maximum atomic E-state index is 12.7. The molecule has 0 radical (unpaired) electrons. The minimum Gasteiger partial charge on any atom is -0.390 e. The van der Waals surface area contributed by atoms with Gasteiger partial charge in [-0.3, -0.25) is 4.90 Å². The van der Waals surface area contributed by atoms with E-state index in [0.29, 0.717) is 17.2 Å². The fourth-order valence-corrected chi connectivity index (χ4v) is 5.34. The molecule has 1 spiro atoms. The molecule has 1 saturated carbocycles. The summed E-state index contributed by atoms with van der Waals surface area (Å²) in [6, 6.07) is 3.24. The van der Waals surface area contributed by atoms with Gasteiger partial charge in [-0.25, -0.2) is 9.29 Å². The molecule has 3 fully saturated rings. The number of alkyl halides is 3. The molecule has 0 amide bonds. The lowest BCUT2D eigenvalue weighted by Gasteiger charge is -2.57. The van der Waals surface area contributed by atoms with Gasteiger partial charge in [0.05, 0.1) is 11.8 Å². The lowest BCUT2D eigenvalue weighted by Crippen LogP contribution is -2.62. The van der Waals surface area contributed by atoms with Crippen LogP contribution >= 0.6 is 11.9 Å². The molecule has 3 heterocycles. The number of aromatic nitrogens is 1. The molecule has 0 unspecified atom stereocenters. The van der Waals surface area contributed by atoms with Crippen LogP contribution in [0.2, 0.25) is 0 Å². The van der Waals surface area contributed by atoms with Crippen LogP contribution in [0.25, 0.3) is 0 Å². The van der Waals surface area contributed by atoms with Crippen molar-refractivity contribution < 1.29 is 18.3 Å². The summed E-state index contributed by atoms with van der Waals surface area (Å²) in [7, 11) is 0. The number of pyridine rings is 1. The minimum absolute atomic E-state index is 0.134. The molecule has 1 N–H and O–H groups in total. The molecular formula is C18H24F3N3OS. The molecule has 0 bridgehead atoms. The Morgan fingerprint density at radius 1 is 1.19 bits per heavy atom. The molecule has 4 nitrogen and oxygen atoms in total. The number of rotatable bonds is 3. The molecule has 26 heavy (non-hydrogen) atoms. The van der Waals surface area contributed by atoms with Gasteiger partial charge in [-0.05, 0) is 62.1 Å². The predicted molar refractivity (Wildman–Crippen MR) is 93.7 cm³/mol. The van der Waals surface area contributed by atoms with Crippen molar-refractivity contribution in [3.8, 4) is 0 Å². The van der Waals surface area contributed by atoms with Gasteiger partial charge in [-0.1, -0.05) is 0 Å². The monoisotopic (exact) mass is 387 g/mol. The highest BCUT2D eigenvalue weighted by Gasteiger charge is 2.49. The first kappa shape index (κ1) is 18.5. The van der Waals surface area contributed by atoms with Gasteiger partial charge in [0.25, 0.3) is 0 Å². The van der Waals surface area contributed by atoms with E-state index >= 15 is 0 Å². The highest BCUT2D eigenvalue weighted by molar-refractivity contribution is 7.97. The van der Waals surface area contributed by atoms with Gasteiger partial charge in [-0.2, -0.15) is 13.2 Å². The van der Waals surface area contributed by atoms with Crippen LogP contribution in [0.3, 0.4) is 0 Å². The van der Waals surface area contributed by atoms with E-state index in [9.17, 15) is 18.3 Å². The number of halogens is 3. The highest BCUT2D eigenvalue weighted by atomic mass is 32.2. The van der Waals surface area contributed by atoms with Gasteiger partial charge in [0.15, 0.2) is 0 Å². The van der Waals surface area contributed by atoms with E-state index < -0.39 is 11.9 Å². The van der Waals surface area contributed by atoms with Crippen LogP contribution in [0, 0.1) is 12.3 Å². The Morgan fingerprint density at radius 2 is 1.85 bits per heavy atom. The maximum absolute atomic E-state index is 12.7. The van der Waals surface area contributed by atoms with Crippen molar-refractivity contribution in [2.24, 2.45) is 5.41 Å². The average molecular weight is 387 g/mol. The first-order chi connectivity index (χ1) is 12.2. The number of β-amino-alcohol motifs (C(OH)–C–C–N with tert-alkyl or cyclic N) is 1. The summed E-state index contributed by atoms with van der Waals surface area (Å²) in [6.07, 6.45) is 0.196. The van der Waals surface area contributed by atoms with Crippen molar-refractivity contribution in [1.82, 2.24) is 14.2 Å². The van der Waals surface area contributed by atoms with Gasteiger partial charge in [0.2, 0.25) is 0 Å². The number of nitrogens with zero attached hydrogens (tertiary/aromatic N) is 3. The second-order valence-corrected chi connectivity index (χ2v) is 9.11. The van der Waals surface area contributed by atoms with Crippen molar-refractivity contribution in [2.75, 3.05) is 26.2 Å². The van der Waals surface area contributed by atoms with Gasteiger partial charge >= 0.3 is 6.18 Å². The zero-order chi connectivity index (χ0) is 18.5. The molecule has 1 aliphatic carbocycles.